The SMILES string of the molecule is Nc1c(NC(=O)Cc2cccc(Oc3ccccc3)c2)cnc2ccccc12. The Morgan fingerprint density at radius 3 is 2.54 bits per heavy atom. The lowest BCUT2D eigenvalue weighted by molar-refractivity contribution is -0.115. The molecule has 1 heterocycles. The normalized spacial score (nSPS) is 10.6. The van der Waals surface area contributed by atoms with Gasteiger partial charge in [0, 0.05) is 5.39 Å². The summed E-state index contributed by atoms with van der Waals surface area (Å²) in [5, 5.41) is 3.67. The van der Waals surface area contributed by atoms with Crippen molar-refractivity contribution in [3.63, 3.8) is 0 Å². The molecule has 0 aliphatic rings. The Morgan fingerprint density at radius 1 is 0.929 bits per heavy atom. The highest BCUT2D eigenvalue weighted by Crippen LogP contribution is 2.27. The van der Waals surface area contributed by atoms with E-state index in [1.54, 1.807) is 6.20 Å². The van der Waals surface area contributed by atoms with Gasteiger partial charge in [-0.2, -0.15) is 0 Å². The van der Waals surface area contributed by atoms with Gasteiger partial charge in [-0.25, -0.2) is 0 Å². The molecule has 0 unspecified atom stereocenters. The molecule has 28 heavy (non-hydrogen) atoms. The Labute approximate surface area is 162 Å². The molecule has 0 fully saturated rings. The molecule has 1 amide bonds. The molecule has 4 aromatic rings. The van der Waals surface area contributed by atoms with Crippen LogP contribution in [-0.2, 0) is 11.2 Å². The molecule has 5 heteroatoms. The number of aromatic nitrogens is 1. The first-order valence-corrected chi connectivity index (χ1v) is 8.94. The van der Waals surface area contributed by atoms with E-state index in [-0.39, 0.29) is 12.3 Å². The first kappa shape index (κ1) is 17.5. The van der Waals surface area contributed by atoms with Crippen LogP contribution in [0.25, 0.3) is 10.9 Å². The molecule has 0 saturated carbocycles. The number of nitrogen functional groups attached to an aromatic ring is 1. The Kier molecular flexibility index (Phi) is 4.89. The number of rotatable bonds is 5. The van der Waals surface area contributed by atoms with Gasteiger partial charge in [-0.3, -0.25) is 9.78 Å². The number of benzene rings is 3. The summed E-state index contributed by atoms with van der Waals surface area (Å²) in [6.45, 7) is 0. The highest BCUT2D eigenvalue weighted by molar-refractivity contribution is 6.02. The van der Waals surface area contributed by atoms with Crippen molar-refractivity contribution in [2.24, 2.45) is 0 Å². The Bertz CT molecular complexity index is 1130. The maximum absolute atomic E-state index is 12.5. The molecule has 0 aliphatic carbocycles. The summed E-state index contributed by atoms with van der Waals surface area (Å²) in [4.78, 5) is 16.9. The maximum atomic E-state index is 12.5. The number of hydrogen-bond donors (Lipinski definition) is 2. The lowest BCUT2D eigenvalue weighted by Gasteiger charge is -2.11. The maximum Gasteiger partial charge on any atom is 0.228 e. The summed E-state index contributed by atoms with van der Waals surface area (Å²) in [6, 6.07) is 24.6. The average molecular weight is 369 g/mol. The van der Waals surface area contributed by atoms with Gasteiger partial charge in [0.1, 0.15) is 11.5 Å². The fraction of sp³-hybridized carbons (Fsp3) is 0.0435. The number of fused-ring (bicyclic) bond motifs is 1. The highest BCUT2D eigenvalue weighted by atomic mass is 16.5. The minimum absolute atomic E-state index is 0.166. The summed E-state index contributed by atoms with van der Waals surface area (Å²) in [6.07, 6.45) is 1.79. The second-order valence-electron chi connectivity index (χ2n) is 6.39. The number of para-hydroxylation sites is 2. The topological polar surface area (TPSA) is 77.2 Å². The molecular formula is C23H19N3O2. The number of pyridine rings is 1. The van der Waals surface area contributed by atoms with Gasteiger partial charge < -0.3 is 15.8 Å². The van der Waals surface area contributed by atoms with E-state index in [0.29, 0.717) is 17.1 Å². The summed E-state index contributed by atoms with van der Waals surface area (Å²) in [7, 11) is 0. The van der Waals surface area contributed by atoms with Crippen molar-refractivity contribution in [3.8, 4) is 11.5 Å². The van der Waals surface area contributed by atoms with Gasteiger partial charge in [-0.05, 0) is 35.9 Å². The number of amides is 1. The molecule has 0 radical (unpaired) electrons. The fourth-order valence-electron chi connectivity index (χ4n) is 2.99. The van der Waals surface area contributed by atoms with Crippen LogP contribution in [0.5, 0.6) is 11.5 Å². The Hall–Kier alpha value is -3.86. The summed E-state index contributed by atoms with van der Waals surface area (Å²) < 4.78 is 5.82. The standard InChI is InChI=1S/C23H19N3O2/c24-23-19-11-4-5-12-20(19)25-15-21(23)26-22(27)14-16-7-6-10-18(13-16)28-17-8-2-1-3-9-17/h1-13,15H,14H2,(H2,24,25)(H,26,27). The van der Waals surface area contributed by atoms with Gasteiger partial charge in [0.15, 0.2) is 0 Å². The minimum Gasteiger partial charge on any atom is -0.457 e. The van der Waals surface area contributed by atoms with Gasteiger partial charge in [-0.1, -0.05) is 48.5 Å². The number of anilines is 2. The molecule has 3 aromatic carbocycles. The van der Waals surface area contributed by atoms with Crippen molar-refractivity contribution in [1.29, 1.82) is 0 Å². The van der Waals surface area contributed by atoms with Crippen molar-refractivity contribution < 1.29 is 9.53 Å². The van der Waals surface area contributed by atoms with Crippen LogP contribution >= 0.6 is 0 Å². The monoisotopic (exact) mass is 369 g/mol. The van der Waals surface area contributed by atoms with Crippen LogP contribution in [0.3, 0.4) is 0 Å². The van der Waals surface area contributed by atoms with Gasteiger partial charge >= 0.3 is 0 Å². The molecule has 0 bridgehead atoms. The number of nitrogens with zero attached hydrogens (tertiary/aromatic N) is 1. The molecular weight excluding hydrogens is 350 g/mol. The number of carbonyl (C=O) groups excluding carboxylic acids is 1. The molecule has 4 rings (SSSR count). The summed E-state index contributed by atoms with van der Waals surface area (Å²) >= 11 is 0. The zero-order chi connectivity index (χ0) is 19.3. The Morgan fingerprint density at radius 2 is 1.68 bits per heavy atom. The predicted octanol–water partition coefficient (Wildman–Crippen LogP) is 4.79. The molecule has 1 aromatic heterocycles. The second kappa shape index (κ2) is 7.80. The van der Waals surface area contributed by atoms with Gasteiger partial charge in [0.25, 0.3) is 0 Å². The van der Waals surface area contributed by atoms with Crippen molar-refractivity contribution in [2.45, 2.75) is 6.42 Å². The van der Waals surface area contributed by atoms with Crippen LogP contribution in [0.15, 0.2) is 85.1 Å². The molecule has 5 nitrogen and oxygen atoms in total. The third-order valence-corrected chi connectivity index (χ3v) is 4.33. The second-order valence-corrected chi connectivity index (χ2v) is 6.39. The van der Waals surface area contributed by atoms with E-state index in [0.717, 1.165) is 22.2 Å². The van der Waals surface area contributed by atoms with Crippen molar-refractivity contribution >= 4 is 28.2 Å². The third kappa shape index (κ3) is 3.94. The van der Waals surface area contributed by atoms with Crippen molar-refractivity contribution in [2.75, 3.05) is 11.1 Å². The average Bonchev–Trinajstić information content (AvgIpc) is 2.71. The highest BCUT2D eigenvalue weighted by Gasteiger charge is 2.10. The predicted molar refractivity (Wildman–Crippen MR) is 111 cm³/mol. The largest absolute Gasteiger partial charge is 0.457 e. The van der Waals surface area contributed by atoms with E-state index < -0.39 is 0 Å². The van der Waals surface area contributed by atoms with E-state index >= 15 is 0 Å². The van der Waals surface area contributed by atoms with E-state index in [9.17, 15) is 4.79 Å². The van der Waals surface area contributed by atoms with Gasteiger partial charge in [0.2, 0.25) is 5.91 Å². The number of carbonyl (C=O) groups is 1. The fourth-order valence-corrected chi connectivity index (χ4v) is 2.99. The Balaban J connectivity index is 1.47. The zero-order valence-electron chi connectivity index (χ0n) is 15.1. The molecule has 3 N–H and O–H groups in total. The molecule has 0 atom stereocenters. The number of ether oxygens (including phenoxy) is 1. The van der Waals surface area contributed by atoms with Gasteiger partial charge in [-0.15, -0.1) is 0 Å². The van der Waals surface area contributed by atoms with E-state index in [4.69, 9.17) is 10.5 Å². The van der Waals surface area contributed by atoms with E-state index in [2.05, 4.69) is 10.3 Å². The van der Waals surface area contributed by atoms with Crippen LogP contribution < -0.4 is 15.8 Å². The van der Waals surface area contributed by atoms with Crippen molar-refractivity contribution in [1.82, 2.24) is 4.98 Å². The smallest absolute Gasteiger partial charge is 0.228 e. The number of nitrogens with one attached hydrogen (secondary N) is 1. The van der Waals surface area contributed by atoms with Crippen LogP contribution in [-0.4, -0.2) is 10.9 Å². The first-order valence-electron chi connectivity index (χ1n) is 8.94. The molecule has 0 saturated heterocycles. The van der Waals surface area contributed by atoms with E-state index in [1.807, 2.05) is 78.9 Å². The minimum atomic E-state index is -0.166. The summed E-state index contributed by atoms with van der Waals surface area (Å²) in [5.74, 6) is 1.27. The summed E-state index contributed by atoms with van der Waals surface area (Å²) in [5.41, 5.74) is 8.86. The lowest BCUT2D eigenvalue weighted by Crippen LogP contribution is -2.15. The third-order valence-electron chi connectivity index (χ3n) is 4.33. The van der Waals surface area contributed by atoms with Crippen LogP contribution in [0.1, 0.15) is 5.56 Å². The number of nitrogens with two attached hydrogens (primary N) is 1. The quantitative estimate of drug-likeness (QED) is 0.530. The molecule has 138 valence electrons. The number of hydrogen-bond acceptors (Lipinski definition) is 4. The van der Waals surface area contributed by atoms with Crippen LogP contribution in [0.4, 0.5) is 11.4 Å². The van der Waals surface area contributed by atoms with Gasteiger partial charge in [0.05, 0.1) is 29.5 Å². The lowest BCUT2D eigenvalue weighted by atomic mass is 10.1. The zero-order valence-corrected chi connectivity index (χ0v) is 15.1. The van der Waals surface area contributed by atoms with Crippen LogP contribution in [0.2, 0.25) is 0 Å². The van der Waals surface area contributed by atoms with E-state index in [1.165, 1.54) is 0 Å². The molecule has 0 aliphatic heterocycles. The van der Waals surface area contributed by atoms with Crippen LogP contribution in [0, 0.1) is 0 Å². The molecule has 0 spiro atoms. The first-order chi connectivity index (χ1) is 13.7. The van der Waals surface area contributed by atoms with Crippen molar-refractivity contribution in [3.05, 3.63) is 90.6 Å².